The van der Waals surface area contributed by atoms with Crippen LogP contribution in [-0.2, 0) is 0 Å². The number of nitrogens with one attached hydrogen (secondary N) is 1. The van der Waals surface area contributed by atoms with Crippen molar-refractivity contribution < 1.29 is 0 Å². The third-order valence-corrected chi connectivity index (χ3v) is 3.02. The van der Waals surface area contributed by atoms with Gasteiger partial charge < -0.3 is 5.41 Å². The highest BCUT2D eigenvalue weighted by Gasteiger charge is 2.43. The van der Waals surface area contributed by atoms with Crippen LogP contribution >= 0.6 is 0 Å². The molecule has 52 valence electrons. The van der Waals surface area contributed by atoms with Crippen molar-refractivity contribution in [2.45, 2.75) is 33.6 Å². The molecule has 1 fully saturated rings. The van der Waals surface area contributed by atoms with E-state index in [2.05, 4.69) is 20.8 Å². The average molecular weight is 125 g/mol. The quantitative estimate of drug-likeness (QED) is 0.556. The summed E-state index contributed by atoms with van der Waals surface area (Å²) in [7, 11) is 0. The molecule has 0 aromatic carbocycles. The van der Waals surface area contributed by atoms with E-state index < -0.39 is 0 Å². The van der Waals surface area contributed by atoms with Crippen LogP contribution in [-0.4, -0.2) is 5.71 Å². The molecule has 0 heterocycles. The summed E-state index contributed by atoms with van der Waals surface area (Å²) in [5.74, 6) is 0.745. The Bertz CT molecular complexity index is 140. The van der Waals surface area contributed by atoms with Gasteiger partial charge >= 0.3 is 0 Å². The van der Waals surface area contributed by atoms with Crippen LogP contribution in [0.25, 0.3) is 0 Å². The van der Waals surface area contributed by atoms with Crippen molar-refractivity contribution in [2.24, 2.45) is 11.3 Å². The molecule has 1 aliphatic carbocycles. The standard InChI is InChI=1S/C8H15N/c1-4-8(3)6(2)5-7(8)9/h6,9H,4-5H2,1-3H3. The molecule has 0 amide bonds. The van der Waals surface area contributed by atoms with Crippen LogP contribution in [0.2, 0.25) is 0 Å². The van der Waals surface area contributed by atoms with Gasteiger partial charge in [0.25, 0.3) is 0 Å². The van der Waals surface area contributed by atoms with Crippen LogP contribution in [0.15, 0.2) is 0 Å². The Morgan fingerprint density at radius 2 is 2.33 bits per heavy atom. The zero-order valence-corrected chi connectivity index (χ0v) is 6.49. The van der Waals surface area contributed by atoms with E-state index in [1.165, 1.54) is 0 Å². The van der Waals surface area contributed by atoms with Crippen molar-refractivity contribution in [3.63, 3.8) is 0 Å². The second-order valence-corrected chi connectivity index (χ2v) is 3.35. The molecule has 1 rings (SSSR count). The molecule has 1 nitrogen and oxygen atoms in total. The van der Waals surface area contributed by atoms with Crippen molar-refractivity contribution in [1.82, 2.24) is 0 Å². The third kappa shape index (κ3) is 0.707. The largest absolute Gasteiger partial charge is 0.309 e. The summed E-state index contributed by atoms with van der Waals surface area (Å²) in [6.07, 6.45) is 2.16. The molecule has 0 saturated heterocycles. The first kappa shape index (κ1) is 6.79. The van der Waals surface area contributed by atoms with E-state index in [9.17, 15) is 0 Å². The summed E-state index contributed by atoms with van der Waals surface area (Å²) in [5, 5.41) is 7.51. The fourth-order valence-electron chi connectivity index (χ4n) is 1.49. The predicted octanol–water partition coefficient (Wildman–Crippen LogP) is 2.46. The van der Waals surface area contributed by atoms with Gasteiger partial charge in [-0.2, -0.15) is 0 Å². The van der Waals surface area contributed by atoms with Gasteiger partial charge in [-0.15, -0.1) is 0 Å². The summed E-state index contributed by atoms with van der Waals surface area (Å²) < 4.78 is 0. The van der Waals surface area contributed by atoms with E-state index in [4.69, 9.17) is 5.41 Å². The van der Waals surface area contributed by atoms with Gasteiger partial charge in [-0.25, -0.2) is 0 Å². The number of hydrogen-bond donors (Lipinski definition) is 1. The SMILES string of the molecule is CCC1(C)C(=N)CC1C. The molecule has 0 aliphatic heterocycles. The fraction of sp³-hybridized carbons (Fsp3) is 0.875. The smallest absolute Gasteiger partial charge is 0.0154 e. The minimum Gasteiger partial charge on any atom is -0.309 e. The van der Waals surface area contributed by atoms with Crippen molar-refractivity contribution in [3.8, 4) is 0 Å². The summed E-state index contributed by atoms with van der Waals surface area (Å²) in [5.41, 5.74) is 1.22. The molecule has 1 saturated carbocycles. The monoisotopic (exact) mass is 125 g/mol. The zero-order valence-electron chi connectivity index (χ0n) is 6.49. The second-order valence-electron chi connectivity index (χ2n) is 3.35. The normalized spacial score (nSPS) is 42.6. The minimum absolute atomic E-state index is 0.264. The second kappa shape index (κ2) is 1.83. The van der Waals surface area contributed by atoms with Crippen LogP contribution in [0.3, 0.4) is 0 Å². The van der Waals surface area contributed by atoms with Crippen LogP contribution in [0.1, 0.15) is 33.6 Å². The zero-order chi connectivity index (χ0) is 7.07. The highest BCUT2D eigenvalue weighted by Crippen LogP contribution is 2.45. The Hall–Kier alpha value is -0.330. The van der Waals surface area contributed by atoms with Crippen molar-refractivity contribution in [2.75, 3.05) is 0 Å². The topological polar surface area (TPSA) is 23.9 Å². The molecule has 1 heteroatoms. The molecular formula is C8H15N. The van der Waals surface area contributed by atoms with Crippen molar-refractivity contribution >= 4 is 5.71 Å². The van der Waals surface area contributed by atoms with E-state index >= 15 is 0 Å². The first-order chi connectivity index (χ1) is 4.11. The molecule has 0 spiro atoms. The van der Waals surface area contributed by atoms with Crippen LogP contribution in [0, 0.1) is 16.7 Å². The molecule has 0 aromatic heterocycles. The van der Waals surface area contributed by atoms with E-state index in [1.807, 2.05) is 0 Å². The Labute approximate surface area is 57.0 Å². The van der Waals surface area contributed by atoms with E-state index in [-0.39, 0.29) is 5.41 Å². The maximum absolute atomic E-state index is 7.51. The van der Waals surface area contributed by atoms with Crippen LogP contribution in [0.4, 0.5) is 0 Å². The lowest BCUT2D eigenvalue weighted by Crippen LogP contribution is -2.45. The first-order valence-electron chi connectivity index (χ1n) is 3.69. The number of hydrogen-bond acceptors (Lipinski definition) is 1. The molecule has 1 N–H and O–H groups in total. The minimum atomic E-state index is 0.264. The molecule has 1 aliphatic rings. The molecule has 0 aromatic rings. The van der Waals surface area contributed by atoms with Gasteiger partial charge in [-0.05, 0) is 18.8 Å². The maximum Gasteiger partial charge on any atom is 0.0154 e. The van der Waals surface area contributed by atoms with Crippen LogP contribution in [0.5, 0.6) is 0 Å². The third-order valence-electron chi connectivity index (χ3n) is 3.02. The predicted molar refractivity (Wildman–Crippen MR) is 39.9 cm³/mol. The Balaban J connectivity index is 2.66. The van der Waals surface area contributed by atoms with E-state index in [1.54, 1.807) is 0 Å². The lowest BCUT2D eigenvalue weighted by atomic mass is 9.59. The molecular weight excluding hydrogens is 110 g/mol. The summed E-state index contributed by atoms with van der Waals surface area (Å²) in [6, 6.07) is 0. The van der Waals surface area contributed by atoms with Gasteiger partial charge in [0.2, 0.25) is 0 Å². The molecule has 2 atom stereocenters. The molecule has 0 radical (unpaired) electrons. The Kier molecular flexibility index (Phi) is 1.38. The van der Waals surface area contributed by atoms with Gasteiger partial charge in [0.05, 0.1) is 0 Å². The van der Waals surface area contributed by atoms with Gasteiger partial charge in [0, 0.05) is 11.1 Å². The summed E-state index contributed by atoms with van der Waals surface area (Å²) in [4.78, 5) is 0. The fourth-order valence-corrected chi connectivity index (χ4v) is 1.49. The maximum atomic E-state index is 7.51. The molecule has 0 bridgehead atoms. The highest BCUT2D eigenvalue weighted by atomic mass is 14.6. The average Bonchev–Trinajstić information content (AvgIpc) is 1.87. The van der Waals surface area contributed by atoms with Crippen molar-refractivity contribution in [3.05, 3.63) is 0 Å². The first-order valence-corrected chi connectivity index (χ1v) is 3.69. The van der Waals surface area contributed by atoms with Gasteiger partial charge in [0.1, 0.15) is 0 Å². The van der Waals surface area contributed by atoms with Gasteiger partial charge in [-0.1, -0.05) is 20.8 Å². The lowest BCUT2D eigenvalue weighted by Gasteiger charge is -2.45. The highest BCUT2D eigenvalue weighted by molar-refractivity contribution is 5.93. The summed E-state index contributed by atoms with van der Waals surface area (Å²) >= 11 is 0. The van der Waals surface area contributed by atoms with E-state index in [0.29, 0.717) is 0 Å². The van der Waals surface area contributed by atoms with Gasteiger partial charge in [-0.3, -0.25) is 0 Å². The van der Waals surface area contributed by atoms with E-state index in [0.717, 1.165) is 24.5 Å². The number of rotatable bonds is 1. The van der Waals surface area contributed by atoms with Gasteiger partial charge in [0.15, 0.2) is 0 Å². The summed E-state index contributed by atoms with van der Waals surface area (Å²) in [6.45, 7) is 6.61. The van der Waals surface area contributed by atoms with Crippen molar-refractivity contribution in [1.29, 1.82) is 5.41 Å². The molecule has 2 unspecified atom stereocenters. The van der Waals surface area contributed by atoms with Crippen LogP contribution < -0.4 is 0 Å². The molecule has 9 heavy (non-hydrogen) atoms. The Morgan fingerprint density at radius 3 is 2.44 bits per heavy atom. The lowest BCUT2D eigenvalue weighted by molar-refractivity contribution is 0.232. The Morgan fingerprint density at radius 1 is 1.78 bits per heavy atom.